The lowest BCUT2D eigenvalue weighted by molar-refractivity contribution is -0.121. The summed E-state index contributed by atoms with van der Waals surface area (Å²) in [5.41, 5.74) is 6.75. The van der Waals surface area contributed by atoms with Crippen LogP contribution in [0.5, 0.6) is 0 Å². The third kappa shape index (κ3) is 5.17. The van der Waals surface area contributed by atoms with Gasteiger partial charge in [-0.15, -0.1) is 0 Å². The molecule has 182 valence electrons. The van der Waals surface area contributed by atoms with Crippen LogP contribution in [-0.4, -0.2) is 30.9 Å². The maximum absolute atomic E-state index is 13.0. The molecular weight excluding hydrogens is 460 g/mol. The smallest absolute Gasteiger partial charge is 0.342 e. The molecule has 0 aliphatic rings. The lowest BCUT2D eigenvalue weighted by atomic mass is 10.0. The highest BCUT2D eigenvalue weighted by Gasteiger charge is 2.22. The average Bonchev–Trinajstić information content (AvgIpc) is 2.90. The number of nitrogens with two attached hydrogens (primary N) is 1. The molecule has 36 heavy (non-hydrogen) atoms. The molecule has 1 aromatic heterocycles. The number of nitrogens with zero attached hydrogens (tertiary/aromatic N) is 1. The Labute approximate surface area is 206 Å². The second-order valence-corrected chi connectivity index (χ2v) is 8.11. The molecule has 3 aromatic carbocycles. The first-order valence-electron chi connectivity index (χ1n) is 11.3. The van der Waals surface area contributed by atoms with Crippen LogP contribution in [0, 0.1) is 6.92 Å². The Balaban J connectivity index is 1.61. The predicted octanol–water partition coefficient (Wildman–Crippen LogP) is 3.83. The monoisotopic (exact) mass is 484 g/mol. The average molecular weight is 485 g/mol. The number of carbonyl (C=O) groups is 3. The van der Waals surface area contributed by atoms with Gasteiger partial charge >= 0.3 is 5.97 Å². The minimum absolute atomic E-state index is 0.0259. The Kier molecular flexibility index (Phi) is 7.25. The van der Waals surface area contributed by atoms with Crippen LogP contribution in [0.2, 0.25) is 0 Å². The summed E-state index contributed by atoms with van der Waals surface area (Å²) < 4.78 is 11.4. The lowest BCUT2D eigenvalue weighted by Crippen LogP contribution is -2.37. The fraction of sp³-hybridized carbons (Fsp3) is 0.143. The normalized spacial score (nSPS) is 10.7. The van der Waals surface area contributed by atoms with Crippen LogP contribution in [0.15, 0.2) is 88.1 Å². The van der Waals surface area contributed by atoms with Crippen molar-refractivity contribution in [1.82, 2.24) is 0 Å². The van der Waals surface area contributed by atoms with Crippen LogP contribution in [0.4, 0.5) is 5.69 Å². The van der Waals surface area contributed by atoms with Gasteiger partial charge in [-0.05, 0) is 31.2 Å². The number of esters is 1. The van der Waals surface area contributed by atoms with Crippen LogP contribution >= 0.6 is 0 Å². The van der Waals surface area contributed by atoms with Crippen LogP contribution in [0.1, 0.15) is 22.3 Å². The van der Waals surface area contributed by atoms with Gasteiger partial charge in [-0.3, -0.25) is 14.4 Å². The van der Waals surface area contributed by atoms with E-state index in [0.717, 1.165) is 0 Å². The topological polar surface area (TPSA) is 120 Å². The summed E-state index contributed by atoms with van der Waals surface area (Å²) in [6, 6.07) is 22.4. The van der Waals surface area contributed by atoms with E-state index in [9.17, 15) is 19.2 Å². The van der Waals surface area contributed by atoms with Gasteiger partial charge in [-0.2, -0.15) is 0 Å². The molecule has 0 atom stereocenters. The van der Waals surface area contributed by atoms with E-state index >= 15 is 0 Å². The molecule has 0 spiro atoms. The number of para-hydroxylation sites is 2. The van der Waals surface area contributed by atoms with Crippen LogP contribution in [0.25, 0.3) is 22.3 Å². The minimum atomic E-state index is -0.817. The van der Waals surface area contributed by atoms with Gasteiger partial charge in [0.25, 0.3) is 5.91 Å². The minimum Gasteiger partial charge on any atom is -0.455 e. The second-order valence-electron chi connectivity index (χ2n) is 8.11. The number of primary amides is 1. The van der Waals surface area contributed by atoms with E-state index in [-0.39, 0.29) is 34.9 Å². The molecule has 4 rings (SSSR count). The number of benzene rings is 3. The van der Waals surface area contributed by atoms with Gasteiger partial charge in [0, 0.05) is 29.8 Å². The Morgan fingerprint density at radius 3 is 2.25 bits per heavy atom. The van der Waals surface area contributed by atoms with Crippen molar-refractivity contribution in [2.45, 2.75) is 13.3 Å². The van der Waals surface area contributed by atoms with Crippen molar-refractivity contribution in [3.05, 3.63) is 100 Å². The summed E-state index contributed by atoms with van der Waals surface area (Å²) in [6.07, 6.45) is -0.0509. The van der Waals surface area contributed by atoms with E-state index in [1.165, 1.54) is 11.0 Å². The third-order valence-electron chi connectivity index (χ3n) is 5.68. The molecule has 0 saturated heterocycles. The molecular formula is C28H24N2O6. The molecule has 0 fully saturated rings. The van der Waals surface area contributed by atoms with Crippen molar-refractivity contribution in [3.8, 4) is 11.3 Å². The number of anilines is 1. The molecule has 0 aliphatic carbocycles. The number of hydrogen-bond donors (Lipinski definition) is 1. The molecule has 0 aliphatic heterocycles. The van der Waals surface area contributed by atoms with Gasteiger partial charge in [-0.1, -0.05) is 54.6 Å². The van der Waals surface area contributed by atoms with Crippen LogP contribution < -0.4 is 16.1 Å². The van der Waals surface area contributed by atoms with Crippen molar-refractivity contribution in [3.63, 3.8) is 0 Å². The van der Waals surface area contributed by atoms with Crippen LogP contribution in [-0.2, 0) is 14.3 Å². The summed E-state index contributed by atoms with van der Waals surface area (Å²) in [7, 11) is 0. The molecule has 1 heterocycles. The third-order valence-corrected chi connectivity index (χ3v) is 5.68. The van der Waals surface area contributed by atoms with Crippen molar-refractivity contribution in [2.24, 2.45) is 5.73 Å². The summed E-state index contributed by atoms with van der Waals surface area (Å²) in [6.45, 7) is 1.13. The van der Waals surface area contributed by atoms with E-state index in [0.29, 0.717) is 22.6 Å². The fourth-order valence-electron chi connectivity index (χ4n) is 3.85. The fourth-order valence-corrected chi connectivity index (χ4v) is 3.85. The number of rotatable bonds is 8. The van der Waals surface area contributed by atoms with Gasteiger partial charge in [0.05, 0.1) is 5.39 Å². The van der Waals surface area contributed by atoms with Crippen molar-refractivity contribution in [1.29, 1.82) is 0 Å². The Morgan fingerprint density at radius 2 is 1.58 bits per heavy atom. The zero-order valence-electron chi connectivity index (χ0n) is 19.6. The number of fused-ring (bicyclic) bond motifs is 1. The van der Waals surface area contributed by atoms with Gasteiger partial charge in [0.1, 0.15) is 11.3 Å². The molecule has 8 nitrogen and oxygen atoms in total. The highest BCUT2D eigenvalue weighted by molar-refractivity contribution is 6.04. The molecule has 0 saturated carbocycles. The molecule has 8 heteroatoms. The summed E-state index contributed by atoms with van der Waals surface area (Å²) in [5, 5.41) is 0.236. The molecule has 2 amide bonds. The Bertz CT molecular complexity index is 1480. The van der Waals surface area contributed by atoms with Gasteiger partial charge in [-0.25, -0.2) is 4.79 Å². The van der Waals surface area contributed by atoms with E-state index in [4.69, 9.17) is 14.9 Å². The standard InChI is InChI=1S/C28H24N2O6/c1-18-25(33)21-13-8-14-22(27(21)36-26(18)19-9-4-2-5-10-19)28(34)35-17-24(32)30(16-15-23(29)31)20-11-6-3-7-12-20/h2-14H,15-17H2,1H3,(H2,29,31). The maximum Gasteiger partial charge on any atom is 0.342 e. The Hall–Kier alpha value is -4.72. The van der Waals surface area contributed by atoms with Gasteiger partial charge in [0.15, 0.2) is 17.6 Å². The molecule has 2 N–H and O–H groups in total. The largest absolute Gasteiger partial charge is 0.455 e. The first-order valence-corrected chi connectivity index (χ1v) is 11.3. The highest BCUT2D eigenvalue weighted by atomic mass is 16.5. The Morgan fingerprint density at radius 1 is 0.917 bits per heavy atom. The summed E-state index contributed by atoms with van der Waals surface area (Å²) >= 11 is 0. The summed E-state index contributed by atoms with van der Waals surface area (Å²) in [5.74, 6) is -1.55. The van der Waals surface area contributed by atoms with E-state index in [2.05, 4.69) is 0 Å². The highest BCUT2D eigenvalue weighted by Crippen LogP contribution is 2.27. The number of hydrogen-bond acceptors (Lipinski definition) is 6. The van der Waals surface area contributed by atoms with E-state index in [1.54, 1.807) is 61.5 Å². The zero-order chi connectivity index (χ0) is 25.7. The molecule has 0 radical (unpaired) electrons. The van der Waals surface area contributed by atoms with Gasteiger partial charge < -0.3 is 19.8 Å². The predicted molar refractivity (Wildman–Crippen MR) is 136 cm³/mol. The van der Waals surface area contributed by atoms with Crippen molar-refractivity contribution < 1.29 is 23.5 Å². The molecule has 4 aromatic rings. The maximum atomic E-state index is 13.0. The second kappa shape index (κ2) is 10.7. The lowest BCUT2D eigenvalue weighted by Gasteiger charge is -2.22. The number of ether oxygens (including phenoxy) is 1. The quantitative estimate of drug-likeness (QED) is 0.380. The van der Waals surface area contributed by atoms with Gasteiger partial charge in [0.2, 0.25) is 5.91 Å². The number of carbonyl (C=O) groups excluding carboxylic acids is 3. The van der Waals surface area contributed by atoms with Crippen molar-refractivity contribution >= 4 is 34.4 Å². The first-order chi connectivity index (χ1) is 17.4. The molecule has 0 bridgehead atoms. The van der Waals surface area contributed by atoms with E-state index in [1.807, 2.05) is 18.2 Å². The number of amides is 2. The SMILES string of the molecule is Cc1c(-c2ccccc2)oc2c(C(=O)OCC(=O)N(CCC(N)=O)c3ccccc3)cccc2c1=O. The first kappa shape index (κ1) is 24.4. The van der Waals surface area contributed by atoms with E-state index < -0.39 is 24.4 Å². The molecule has 0 unspecified atom stereocenters. The van der Waals surface area contributed by atoms with Crippen molar-refractivity contribution in [2.75, 3.05) is 18.1 Å². The zero-order valence-corrected chi connectivity index (χ0v) is 19.6. The van der Waals surface area contributed by atoms with Crippen LogP contribution in [0.3, 0.4) is 0 Å². The summed E-state index contributed by atoms with van der Waals surface area (Å²) in [4.78, 5) is 51.6.